The van der Waals surface area contributed by atoms with Crippen molar-refractivity contribution in [1.29, 1.82) is 0 Å². The summed E-state index contributed by atoms with van der Waals surface area (Å²) in [6, 6.07) is 10.2. The second-order valence-electron chi connectivity index (χ2n) is 5.59. The number of thiophene rings is 1. The first kappa shape index (κ1) is 14.1. The van der Waals surface area contributed by atoms with E-state index in [0.717, 1.165) is 36.8 Å². The lowest BCUT2D eigenvalue weighted by Crippen LogP contribution is -2.36. The van der Waals surface area contributed by atoms with Gasteiger partial charge in [0.05, 0.1) is 0 Å². The van der Waals surface area contributed by atoms with Crippen LogP contribution in [0.1, 0.15) is 36.0 Å². The average Bonchev–Trinajstić information content (AvgIpc) is 3.04. The normalized spacial score (nSPS) is 15.9. The summed E-state index contributed by atoms with van der Waals surface area (Å²) in [6.07, 6.45) is 4.08. The quantitative estimate of drug-likeness (QED) is 0.821. The summed E-state index contributed by atoms with van der Waals surface area (Å²) in [5.41, 5.74) is 4.40. The van der Waals surface area contributed by atoms with Crippen LogP contribution in [0.3, 0.4) is 0 Å². The third kappa shape index (κ3) is 3.42. The van der Waals surface area contributed by atoms with Crippen LogP contribution in [-0.4, -0.2) is 11.9 Å². The minimum absolute atomic E-state index is 0.0318. The van der Waals surface area contributed by atoms with Crippen molar-refractivity contribution in [2.45, 2.75) is 31.7 Å². The second kappa shape index (κ2) is 6.27. The van der Waals surface area contributed by atoms with Gasteiger partial charge in [0.15, 0.2) is 0 Å². The first-order valence-corrected chi connectivity index (χ1v) is 8.27. The van der Waals surface area contributed by atoms with Gasteiger partial charge in [-0.15, -0.1) is 0 Å². The smallest absolute Gasteiger partial charge is 0.251 e. The van der Waals surface area contributed by atoms with E-state index in [0.29, 0.717) is 6.04 Å². The SMILES string of the molecule is C=C1CCC(NC(=O)c2ccc(-c3ccsc3)cc2)CC1. The van der Waals surface area contributed by atoms with Crippen LogP contribution in [-0.2, 0) is 0 Å². The lowest BCUT2D eigenvalue weighted by Gasteiger charge is -2.24. The van der Waals surface area contributed by atoms with Crippen LogP contribution in [0.4, 0.5) is 0 Å². The average molecular weight is 297 g/mol. The molecule has 0 unspecified atom stereocenters. The summed E-state index contributed by atoms with van der Waals surface area (Å²) in [7, 11) is 0. The van der Waals surface area contributed by atoms with Gasteiger partial charge in [0.1, 0.15) is 0 Å². The van der Waals surface area contributed by atoms with Crippen LogP contribution in [0.25, 0.3) is 11.1 Å². The highest BCUT2D eigenvalue weighted by molar-refractivity contribution is 7.08. The van der Waals surface area contributed by atoms with Crippen molar-refractivity contribution in [3.8, 4) is 11.1 Å². The van der Waals surface area contributed by atoms with Crippen molar-refractivity contribution in [2.24, 2.45) is 0 Å². The Hall–Kier alpha value is -1.87. The Morgan fingerprint density at radius 1 is 1.10 bits per heavy atom. The Bertz CT molecular complexity index is 618. The van der Waals surface area contributed by atoms with Gasteiger partial charge in [0, 0.05) is 11.6 Å². The summed E-state index contributed by atoms with van der Waals surface area (Å²) in [6.45, 7) is 4.01. The molecule has 0 atom stereocenters. The van der Waals surface area contributed by atoms with E-state index in [2.05, 4.69) is 28.7 Å². The minimum Gasteiger partial charge on any atom is -0.349 e. The first-order chi connectivity index (χ1) is 10.2. The molecule has 21 heavy (non-hydrogen) atoms. The Morgan fingerprint density at radius 3 is 2.43 bits per heavy atom. The number of amides is 1. The molecule has 1 aliphatic rings. The number of allylic oxidation sites excluding steroid dienone is 1. The molecule has 0 bridgehead atoms. The van der Waals surface area contributed by atoms with Gasteiger partial charge < -0.3 is 5.32 Å². The molecule has 1 fully saturated rings. The van der Waals surface area contributed by atoms with Gasteiger partial charge in [-0.3, -0.25) is 4.79 Å². The summed E-state index contributed by atoms with van der Waals surface area (Å²) < 4.78 is 0. The van der Waals surface area contributed by atoms with Gasteiger partial charge in [0.2, 0.25) is 0 Å². The minimum atomic E-state index is 0.0318. The van der Waals surface area contributed by atoms with E-state index in [9.17, 15) is 4.79 Å². The van der Waals surface area contributed by atoms with Gasteiger partial charge in [-0.1, -0.05) is 24.3 Å². The molecule has 1 N–H and O–H groups in total. The number of rotatable bonds is 3. The Balaban J connectivity index is 1.64. The zero-order valence-electron chi connectivity index (χ0n) is 12.0. The van der Waals surface area contributed by atoms with Gasteiger partial charge in [-0.2, -0.15) is 11.3 Å². The standard InChI is InChI=1S/C18H19NOS/c1-13-2-8-17(9-3-13)19-18(20)15-6-4-14(5-7-15)16-10-11-21-12-16/h4-7,10-12,17H,1-3,8-9H2,(H,19,20). The zero-order chi connectivity index (χ0) is 14.7. The van der Waals surface area contributed by atoms with E-state index in [1.54, 1.807) is 11.3 Å². The molecule has 3 heteroatoms. The van der Waals surface area contributed by atoms with E-state index in [-0.39, 0.29) is 5.91 Å². The molecule has 0 radical (unpaired) electrons. The van der Waals surface area contributed by atoms with Gasteiger partial charge in [-0.05, 0) is 65.8 Å². The van der Waals surface area contributed by atoms with Crippen LogP contribution in [0, 0.1) is 0 Å². The van der Waals surface area contributed by atoms with E-state index < -0.39 is 0 Å². The summed E-state index contributed by atoms with van der Waals surface area (Å²) >= 11 is 1.68. The van der Waals surface area contributed by atoms with E-state index in [4.69, 9.17) is 0 Å². The molecule has 2 aromatic rings. The van der Waals surface area contributed by atoms with Crippen LogP contribution in [0.2, 0.25) is 0 Å². The molecule has 3 rings (SSSR count). The highest BCUT2D eigenvalue weighted by atomic mass is 32.1. The second-order valence-corrected chi connectivity index (χ2v) is 6.37. The summed E-state index contributed by atoms with van der Waals surface area (Å²) in [4.78, 5) is 12.3. The lowest BCUT2D eigenvalue weighted by molar-refractivity contribution is 0.0930. The molecule has 1 heterocycles. The van der Waals surface area contributed by atoms with Crippen LogP contribution in [0.5, 0.6) is 0 Å². The molecule has 0 aliphatic heterocycles. The predicted octanol–water partition coefficient (Wildman–Crippen LogP) is 4.64. The van der Waals surface area contributed by atoms with Crippen molar-refractivity contribution in [3.05, 3.63) is 58.8 Å². The molecular weight excluding hydrogens is 278 g/mol. The molecule has 1 saturated carbocycles. The van der Waals surface area contributed by atoms with Crippen molar-refractivity contribution in [2.75, 3.05) is 0 Å². The fourth-order valence-electron chi connectivity index (χ4n) is 2.68. The number of carbonyl (C=O) groups excluding carboxylic acids is 1. The van der Waals surface area contributed by atoms with Crippen LogP contribution >= 0.6 is 11.3 Å². The van der Waals surface area contributed by atoms with Crippen molar-refractivity contribution in [3.63, 3.8) is 0 Å². The third-order valence-electron chi connectivity index (χ3n) is 4.03. The molecule has 108 valence electrons. The maximum Gasteiger partial charge on any atom is 0.251 e. The molecule has 1 aromatic heterocycles. The largest absolute Gasteiger partial charge is 0.349 e. The molecule has 2 nitrogen and oxygen atoms in total. The lowest BCUT2D eigenvalue weighted by atomic mass is 9.92. The Kier molecular flexibility index (Phi) is 4.20. The molecule has 0 saturated heterocycles. The third-order valence-corrected chi connectivity index (χ3v) is 4.71. The first-order valence-electron chi connectivity index (χ1n) is 7.32. The molecule has 1 amide bonds. The number of hydrogen-bond acceptors (Lipinski definition) is 2. The number of nitrogens with one attached hydrogen (secondary N) is 1. The number of benzene rings is 1. The fourth-order valence-corrected chi connectivity index (χ4v) is 3.35. The highest BCUT2D eigenvalue weighted by Gasteiger charge is 2.18. The number of carbonyl (C=O) groups is 1. The molecule has 0 spiro atoms. The van der Waals surface area contributed by atoms with Crippen molar-refractivity contribution >= 4 is 17.2 Å². The molecule has 1 aliphatic carbocycles. The van der Waals surface area contributed by atoms with Gasteiger partial charge in [0.25, 0.3) is 5.91 Å². The van der Waals surface area contributed by atoms with Crippen LogP contribution < -0.4 is 5.32 Å². The van der Waals surface area contributed by atoms with E-state index in [1.165, 1.54) is 11.1 Å². The molecule has 1 aromatic carbocycles. The maximum atomic E-state index is 12.3. The van der Waals surface area contributed by atoms with Gasteiger partial charge >= 0.3 is 0 Å². The highest BCUT2D eigenvalue weighted by Crippen LogP contribution is 2.24. The van der Waals surface area contributed by atoms with Crippen molar-refractivity contribution in [1.82, 2.24) is 5.32 Å². The topological polar surface area (TPSA) is 29.1 Å². The van der Waals surface area contributed by atoms with E-state index in [1.807, 2.05) is 24.3 Å². The van der Waals surface area contributed by atoms with Crippen LogP contribution in [0.15, 0.2) is 53.2 Å². The Labute approximate surface area is 129 Å². The molecular formula is C18H19NOS. The van der Waals surface area contributed by atoms with E-state index >= 15 is 0 Å². The van der Waals surface area contributed by atoms with Gasteiger partial charge in [-0.25, -0.2) is 0 Å². The fraction of sp³-hybridized carbons (Fsp3) is 0.278. The maximum absolute atomic E-state index is 12.3. The monoisotopic (exact) mass is 297 g/mol. The Morgan fingerprint density at radius 2 is 1.81 bits per heavy atom. The van der Waals surface area contributed by atoms with Crippen molar-refractivity contribution < 1.29 is 4.79 Å². The predicted molar refractivity (Wildman–Crippen MR) is 88.6 cm³/mol. The zero-order valence-corrected chi connectivity index (χ0v) is 12.8. The summed E-state index contributed by atoms with van der Waals surface area (Å²) in [5, 5.41) is 7.31. The summed E-state index contributed by atoms with van der Waals surface area (Å²) in [5.74, 6) is 0.0318. The number of hydrogen-bond donors (Lipinski definition) is 1.